The van der Waals surface area contributed by atoms with E-state index in [2.05, 4.69) is 26.4 Å². The molecule has 2 aromatic rings. The second kappa shape index (κ2) is 8.24. The molecule has 1 aromatic carbocycles. The third-order valence-electron chi connectivity index (χ3n) is 4.86. The number of rotatable bonds is 4. The Kier molecular flexibility index (Phi) is 5.93. The summed E-state index contributed by atoms with van der Waals surface area (Å²) in [5, 5.41) is 16.8. The van der Waals surface area contributed by atoms with Crippen LogP contribution in [-0.2, 0) is 4.79 Å². The smallest absolute Gasteiger partial charge is 0.320 e. The molecule has 3 amide bonds. The fraction of sp³-hybridized carbons (Fsp3) is 0.476. The molecule has 1 aromatic heterocycles. The summed E-state index contributed by atoms with van der Waals surface area (Å²) < 4.78 is 1.62. The summed E-state index contributed by atoms with van der Waals surface area (Å²) in [5.74, 6) is 0.368. The molecule has 3 unspecified atom stereocenters. The summed E-state index contributed by atoms with van der Waals surface area (Å²) in [6.07, 6.45) is 0.197. The Labute approximate surface area is 171 Å². The molecule has 156 valence electrons. The van der Waals surface area contributed by atoms with Gasteiger partial charge in [0.2, 0.25) is 5.91 Å². The van der Waals surface area contributed by atoms with Gasteiger partial charge in [-0.15, -0.1) is 0 Å². The molecule has 0 saturated carbocycles. The van der Waals surface area contributed by atoms with Crippen molar-refractivity contribution < 1.29 is 9.59 Å². The fourth-order valence-electron chi connectivity index (χ4n) is 3.47. The Morgan fingerprint density at radius 1 is 1.24 bits per heavy atom. The molecule has 3 atom stereocenters. The van der Waals surface area contributed by atoms with Crippen molar-refractivity contribution in [1.82, 2.24) is 25.7 Å². The molecule has 0 aliphatic carbocycles. The average Bonchev–Trinajstić information content (AvgIpc) is 3.04. The summed E-state index contributed by atoms with van der Waals surface area (Å²) >= 11 is 0. The van der Waals surface area contributed by atoms with Crippen molar-refractivity contribution in [2.75, 3.05) is 5.32 Å². The van der Waals surface area contributed by atoms with Crippen LogP contribution in [0.25, 0.3) is 11.3 Å². The molecule has 1 fully saturated rings. The summed E-state index contributed by atoms with van der Waals surface area (Å²) in [6.45, 7) is 9.72. The van der Waals surface area contributed by atoms with E-state index in [9.17, 15) is 9.59 Å². The normalized spacial score (nSPS) is 22.1. The van der Waals surface area contributed by atoms with Crippen LogP contribution in [-0.4, -0.2) is 33.3 Å². The Hall–Kier alpha value is -2.87. The van der Waals surface area contributed by atoms with E-state index in [1.54, 1.807) is 4.68 Å². The number of carbonyl (C=O) groups excluding carboxylic acids is 2. The molecule has 1 saturated heterocycles. The Morgan fingerprint density at radius 2 is 1.93 bits per heavy atom. The Morgan fingerprint density at radius 3 is 2.52 bits per heavy atom. The minimum atomic E-state index is -0.553. The molecular weight excluding hydrogens is 368 g/mol. The molecule has 4 N–H and O–H groups in total. The van der Waals surface area contributed by atoms with Crippen molar-refractivity contribution in [2.45, 2.75) is 58.9 Å². The first-order valence-corrected chi connectivity index (χ1v) is 9.98. The highest BCUT2D eigenvalue weighted by atomic mass is 16.2. The molecule has 0 radical (unpaired) electrons. The summed E-state index contributed by atoms with van der Waals surface area (Å²) in [5.41, 5.74) is 1.25. The average molecular weight is 399 g/mol. The van der Waals surface area contributed by atoms with E-state index < -0.39 is 6.29 Å². The predicted octanol–water partition coefficient (Wildman–Crippen LogP) is 3.06. The van der Waals surface area contributed by atoms with Crippen molar-refractivity contribution >= 4 is 17.8 Å². The lowest BCUT2D eigenvalue weighted by Gasteiger charge is -2.35. The van der Waals surface area contributed by atoms with Crippen molar-refractivity contribution in [3.63, 3.8) is 0 Å². The summed E-state index contributed by atoms with van der Waals surface area (Å²) in [4.78, 5) is 25.0. The minimum absolute atomic E-state index is 0.0145. The van der Waals surface area contributed by atoms with Gasteiger partial charge in [-0.2, -0.15) is 5.10 Å². The zero-order chi connectivity index (χ0) is 21.2. The van der Waals surface area contributed by atoms with Gasteiger partial charge in [0.1, 0.15) is 5.82 Å². The Balaban J connectivity index is 1.93. The molecule has 8 nitrogen and oxygen atoms in total. The van der Waals surface area contributed by atoms with E-state index in [1.807, 2.05) is 71.0 Å². The van der Waals surface area contributed by atoms with E-state index in [1.165, 1.54) is 0 Å². The maximum atomic E-state index is 12.5. The van der Waals surface area contributed by atoms with Crippen LogP contribution in [0.4, 0.5) is 10.6 Å². The lowest BCUT2D eigenvalue weighted by atomic mass is 9.95. The number of nitrogens with one attached hydrogen (secondary N) is 4. The van der Waals surface area contributed by atoms with Gasteiger partial charge in [0.25, 0.3) is 0 Å². The minimum Gasteiger partial charge on any atom is -0.333 e. The summed E-state index contributed by atoms with van der Waals surface area (Å²) in [6, 6.07) is 11.2. The van der Waals surface area contributed by atoms with Gasteiger partial charge in [0.15, 0.2) is 6.29 Å². The van der Waals surface area contributed by atoms with E-state index in [0.717, 1.165) is 12.0 Å². The number of carbonyl (C=O) groups is 2. The molecule has 29 heavy (non-hydrogen) atoms. The van der Waals surface area contributed by atoms with E-state index in [4.69, 9.17) is 0 Å². The first-order valence-electron chi connectivity index (χ1n) is 9.98. The SMILES string of the molecule is CCC1C(=O)NC(n2nc(-c3ccccc3)cc2NC(=O)NC(C)(C)C)NC1C. The standard InChI is InChI=1S/C21H30N6O2/c1-6-15-13(2)22-19(24-18(15)28)27-17(23-20(29)25-21(3,4)5)12-16(26-27)14-10-8-7-9-11-14/h7-13,15,19,22H,6H2,1-5H3,(H,24,28)(H2,23,25,29). The van der Waals surface area contributed by atoms with Crippen LogP contribution in [0.2, 0.25) is 0 Å². The molecule has 1 aliphatic rings. The van der Waals surface area contributed by atoms with Crippen molar-refractivity contribution in [3.8, 4) is 11.3 Å². The Bertz CT molecular complexity index is 871. The molecule has 2 heterocycles. The van der Waals surface area contributed by atoms with Gasteiger partial charge >= 0.3 is 6.03 Å². The number of nitrogens with zero attached hydrogens (tertiary/aromatic N) is 2. The highest BCUT2D eigenvalue weighted by molar-refractivity contribution is 5.89. The maximum absolute atomic E-state index is 12.5. The molecular formula is C21H30N6O2. The van der Waals surface area contributed by atoms with Gasteiger partial charge in [-0.3, -0.25) is 15.4 Å². The number of hydrogen-bond acceptors (Lipinski definition) is 4. The largest absolute Gasteiger partial charge is 0.333 e. The number of benzene rings is 1. The lowest BCUT2D eigenvalue weighted by Crippen LogP contribution is -2.57. The van der Waals surface area contributed by atoms with Gasteiger partial charge < -0.3 is 10.6 Å². The van der Waals surface area contributed by atoms with Gasteiger partial charge in [-0.25, -0.2) is 9.48 Å². The van der Waals surface area contributed by atoms with Crippen molar-refractivity contribution in [3.05, 3.63) is 36.4 Å². The van der Waals surface area contributed by atoms with Crippen LogP contribution in [0.5, 0.6) is 0 Å². The zero-order valence-electron chi connectivity index (χ0n) is 17.6. The van der Waals surface area contributed by atoms with Crippen LogP contribution in [0.3, 0.4) is 0 Å². The van der Waals surface area contributed by atoms with Crippen LogP contribution < -0.4 is 21.3 Å². The first kappa shape index (κ1) is 20.9. The third kappa shape index (κ3) is 4.95. The van der Waals surface area contributed by atoms with Crippen LogP contribution in [0, 0.1) is 5.92 Å². The maximum Gasteiger partial charge on any atom is 0.320 e. The topological polar surface area (TPSA) is 100 Å². The monoisotopic (exact) mass is 398 g/mol. The van der Waals surface area contributed by atoms with Gasteiger partial charge in [0.05, 0.1) is 11.6 Å². The highest BCUT2D eigenvalue weighted by Crippen LogP contribution is 2.26. The van der Waals surface area contributed by atoms with E-state index in [-0.39, 0.29) is 29.4 Å². The van der Waals surface area contributed by atoms with Crippen LogP contribution >= 0.6 is 0 Å². The van der Waals surface area contributed by atoms with Crippen molar-refractivity contribution in [2.24, 2.45) is 5.92 Å². The van der Waals surface area contributed by atoms with Gasteiger partial charge in [-0.05, 0) is 34.1 Å². The number of anilines is 1. The quantitative estimate of drug-likeness (QED) is 0.636. The first-order chi connectivity index (χ1) is 13.7. The van der Waals surface area contributed by atoms with Crippen LogP contribution in [0.1, 0.15) is 47.3 Å². The van der Waals surface area contributed by atoms with Gasteiger partial charge in [0, 0.05) is 23.2 Å². The third-order valence-corrected chi connectivity index (χ3v) is 4.86. The van der Waals surface area contributed by atoms with E-state index in [0.29, 0.717) is 11.5 Å². The second-order valence-electron chi connectivity index (χ2n) is 8.44. The number of hydrogen-bond donors (Lipinski definition) is 4. The molecule has 3 rings (SSSR count). The molecule has 8 heteroatoms. The molecule has 1 aliphatic heterocycles. The number of urea groups is 1. The number of amides is 3. The highest BCUT2D eigenvalue weighted by Gasteiger charge is 2.34. The van der Waals surface area contributed by atoms with E-state index >= 15 is 0 Å². The molecule has 0 bridgehead atoms. The lowest BCUT2D eigenvalue weighted by molar-refractivity contribution is -0.130. The van der Waals surface area contributed by atoms with Crippen LogP contribution in [0.15, 0.2) is 36.4 Å². The number of aromatic nitrogens is 2. The zero-order valence-corrected chi connectivity index (χ0v) is 17.6. The predicted molar refractivity (Wildman–Crippen MR) is 113 cm³/mol. The second-order valence-corrected chi connectivity index (χ2v) is 8.44. The molecule has 0 spiro atoms. The summed E-state index contributed by atoms with van der Waals surface area (Å²) in [7, 11) is 0. The van der Waals surface area contributed by atoms with Crippen molar-refractivity contribution in [1.29, 1.82) is 0 Å². The fourth-order valence-corrected chi connectivity index (χ4v) is 3.47. The van der Waals surface area contributed by atoms with Gasteiger partial charge in [-0.1, -0.05) is 37.3 Å².